The van der Waals surface area contributed by atoms with Gasteiger partial charge in [0.15, 0.2) is 0 Å². The predicted octanol–water partition coefficient (Wildman–Crippen LogP) is 2.33. The minimum absolute atomic E-state index is 0.208. The average molecular weight is 335 g/mol. The fourth-order valence-electron chi connectivity index (χ4n) is 2.60. The van der Waals surface area contributed by atoms with Crippen LogP contribution in [-0.2, 0) is 4.74 Å². The molecule has 0 saturated carbocycles. The maximum atomic E-state index is 12.1. The normalized spacial score (nSPS) is 15.3. The van der Waals surface area contributed by atoms with E-state index in [-0.39, 0.29) is 11.7 Å². The largest absolute Gasteiger partial charge is 0.478 e. The van der Waals surface area contributed by atoms with E-state index in [4.69, 9.17) is 10.5 Å². The third kappa shape index (κ3) is 4.10. The van der Waals surface area contributed by atoms with Crippen molar-refractivity contribution in [1.82, 2.24) is 4.90 Å². The van der Waals surface area contributed by atoms with Crippen LogP contribution in [0.2, 0.25) is 0 Å². The molecule has 0 bridgehead atoms. The summed E-state index contributed by atoms with van der Waals surface area (Å²) in [6.45, 7) is 9.44. The van der Waals surface area contributed by atoms with Crippen LogP contribution in [0.4, 0.5) is 16.2 Å². The zero-order chi connectivity index (χ0) is 18.1. The van der Waals surface area contributed by atoms with Gasteiger partial charge in [0.25, 0.3) is 0 Å². The van der Waals surface area contributed by atoms with Gasteiger partial charge in [0.05, 0.1) is 5.56 Å². The highest BCUT2D eigenvalue weighted by molar-refractivity contribution is 5.92. The molecule has 1 aromatic rings. The van der Waals surface area contributed by atoms with E-state index in [2.05, 4.69) is 0 Å². The van der Waals surface area contributed by atoms with Crippen LogP contribution in [0, 0.1) is 6.92 Å². The number of nitrogen functional groups attached to an aromatic ring is 1. The molecular formula is C17H25N3O4. The lowest BCUT2D eigenvalue weighted by molar-refractivity contribution is 0.0240. The third-order valence-electron chi connectivity index (χ3n) is 3.96. The number of rotatable bonds is 2. The Morgan fingerprint density at radius 3 is 2.25 bits per heavy atom. The van der Waals surface area contributed by atoms with E-state index >= 15 is 0 Å². The number of amides is 1. The number of ether oxygens (including phenoxy) is 1. The van der Waals surface area contributed by atoms with Gasteiger partial charge in [-0.25, -0.2) is 9.59 Å². The number of nitrogens with two attached hydrogens (primary N) is 1. The summed E-state index contributed by atoms with van der Waals surface area (Å²) in [5, 5.41) is 9.29. The lowest BCUT2D eigenvalue weighted by Crippen LogP contribution is -2.50. The first-order valence-electron chi connectivity index (χ1n) is 7.95. The van der Waals surface area contributed by atoms with Gasteiger partial charge >= 0.3 is 12.1 Å². The first-order chi connectivity index (χ1) is 11.1. The zero-order valence-electron chi connectivity index (χ0n) is 14.6. The molecule has 0 aromatic heterocycles. The van der Waals surface area contributed by atoms with Gasteiger partial charge in [0, 0.05) is 37.6 Å². The van der Waals surface area contributed by atoms with Crippen LogP contribution >= 0.6 is 0 Å². The molecule has 1 aliphatic heterocycles. The maximum Gasteiger partial charge on any atom is 0.410 e. The summed E-state index contributed by atoms with van der Waals surface area (Å²) in [7, 11) is 0. The fraction of sp³-hybridized carbons (Fsp3) is 0.529. The average Bonchev–Trinajstić information content (AvgIpc) is 2.48. The summed E-state index contributed by atoms with van der Waals surface area (Å²) in [4.78, 5) is 27.1. The van der Waals surface area contributed by atoms with Crippen LogP contribution < -0.4 is 10.6 Å². The quantitative estimate of drug-likeness (QED) is 0.805. The van der Waals surface area contributed by atoms with Crippen molar-refractivity contribution in [1.29, 1.82) is 0 Å². The Morgan fingerprint density at radius 2 is 1.75 bits per heavy atom. The van der Waals surface area contributed by atoms with Crippen LogP contribution in [0.15, 0.2) is 12.1 Å². The van der Waals surface area contributed by atoms with Gasteiger partial charge in [0.2, 0.25) is 0 Å². The van der Waals surface area contributed by atoms with Gasteiger partial charge in [-0.3, -0.25) is 0 Å². The number of piperazine rings is 1. The molecule has 132 valence electrons. The summed E-state index contributed by atoms with van der Waals surface area (Å²) >= 11 is 0. The molecule has 1 amide bonds. The number of carboxylic acids is 1. The van der Waals surface area contributed by atoms with E-state index in [0.29, 0.717) is 37.4 Å². The maximum absolute atomic E-state index is 12.1. The Hall–Kier alpha value is -2.44. The van der Waals surface area contributed by atoms with Crippen LogP contribution in [0.1, 0.15) is 36.7 Å². The number of anilines is 2. The highest BCUT2D eigenvalue weighted by Gasteiger charge is 2.26. The number of benzene rings is 1. The summed E-state index contributed by atoms with van der Waals surface area (Å²) < 4.78 is 5.37. The van der Waals surface area contributed by atoms with E-state index in [0.717, 1.165) is 5.69 Å². The van der Waals surface area contributed by atoms with Crippen molar-refractivity contribution in [2.45, 2.75) is 33.3 Å². The van der Waals surface area contributed by atoms with Gasteiger partial charge in [-0.2, -0.15) is 0 Å². The monoisotopic (exact) mass is 335 g/mol. The van der Waals surface area contributed by atoms with Crippen molar-refractivity contribution in [2.24, 2.45) is 0 Å². The summed E-state index contributed by atoms with van der Waals surface area (Å²) in [6.07, 6.45) is -0.322. The molecule has 7 heteroatoms. The SMILES string of the molecule is Cc1c(N)cc(N2CCN(C(=O)OC(C)(C)C)CC2)cc1C(=O)O. The number of hydrogen-bond donors (Lipinski definition) is 2. The first-order valence-corrected chi connectivity index (χ1v) is 7.95. The molecule has 1 heterocycles. The van der Waals surface area contributed by atoms with Crippen LogP contribution in [0.5, 0.6) is 0 Å². The van der Waals surface area contributed by atoms with Crippen LogP contribution in [-0.4, -0.2) is 53.8 Å². The van der Waals surface area contributed by atoms with Gasteiger partial charge in [-0.1, -0.05) is 0 Å². The van der Waals surface area contributed by atoms with Gasteiger partial charge in [-0.15, -0.1) is 0 Å². The molecule has 1 aliphatic rings. The summed E-state index contributed by atoms with van der Waals surface area (Å²) in [5.74, 6) is -0.992. The molecule has 0 aliphatic carbocycles. The van der Waals surface area contributed by atoms with E-state index < -0.39 is 11.6 Å². The molecule has 0 atom stereocenters. The number of carbonyl (C=O) groups excluding carboxylic acids is 1. The van der Waals surface area contributed by atoms with E-state index in [1.165, 1.54) is 0 Å². The van der Waals surface area contributed by atoms with Crippen molar-refractivity contribution in [3.63, 3.8) is 0 Å². The van der Waals surface area contributed by atoms with Gasteiger partial charge < -0.3 is 25.4 Å². The molecule has 3 N–H and O–H groups in total. The Balaban J connectivity index is 2.07. The van der Waals surface area contributed by atoms with E-state index in [9.17, 15) is 14.7 Å². The molecule has 1 fully saturated rings. The number of aromatic carboxylic acids is 1. The molecule has 1 saturated heterocycles. The predicted molar refractivity (Wildman–Crippen MR) is 92.6 cm³/mol. The van der Waals surface area contributed by atoms with E-state index in [1.807, 2.05) is 25.7 Å². The standard InChI is InChI=1S/C17H25N3O4/c1-11-13(15(21)22)9-12(10-14(11)18)19-5-7-20(8-6-19)16(23)24-17(2,3)4/h9-10H,5-8,18H2,1-4H3,(H,21,22). The summed E-state index contributed by atoms with van der Waals surface area (Å²) in [5.41, 5.74) is 7.42. The molecule has 1 aromatic carbocycles. The summed E-state index contributed by atoms with van der Waals surface area (Å²) in [6, 6.07) is 3.42. The Kier molecular flexibility index (Phi) is 4.91. The molecule has 24 heavy (non-hydrogen) atoms. The van der Waals surface area contributed by atoms with Crippen molar-refractivity contribution in [3.8, 4) is 0 Å². The Labute approximate surface area is 142 Å². The molecule has 0 radical (unpaired) electrons. The van der Waals surface area contributed by atoms with Crippen LogP contribution in [0.25, 0.3) is 0 Å². The third-order valence-corrected chi connectivity index (χ3v) is 3.96. The van der Waals surface area contributed by atoms with Crippen molar-refractivity contribution >= 4 is 23.4 Å². The lowest BCUT2D eigenvalue weighted by Gasteiger charge is -2.37. The molecule has 0 spiro atoms. The molecule has 7 nitrogen and oxygen atoms in total. The smallest absolute Gasteiger partial charge is 0.410 e. The zero-order valence-corrected chi connectivity index (χ0v) is 14.6. The number of nitrogens with zero attached hydrogens (tertiary/aromatic N) is 2. The molecule has 0 unspecified atom stereocenters. The number of carboxylic acid groups (broad SMARTS) is 1. The van der Waals surface area contributed by atoms with E-state index in [1.54, 1.807) is 24.0 Å². The van der Waals surface area contributed by atoms with Crippen LogP contribution in [0.3, 0.4) is 0 Å². The fourth-order valence-corrected chi connectivity index (χ4v) is 2.60. The van der Waals surface area contributed by atoms with Crippen molar-refractivity contribution in [2.75, 3.05) is 36.8 Å². The topological polar surface area (TPSA) is 96.1 Å². The Morgan fingerprint density at radius 1 is 1.17 bits per heavy atom. The Bertz CT molecular complexity index is 644. The second-order valence-electron chi connectivity index (χ2n) is 6.97. The minimum atomic E-state index is -0.992. The van der Waals surface area contributed by atoms with Crippen molar-refractivity contribution in [3.05, 3.63) is 23.3 Å². The lowest BCUT2D eigenvalue weighted by atomic mass is 10.0. The highest BCUT2D eigenvalue weighted by Crippen LogP contribution is 2.26. The van der Waals surface area contributed by atoms with Gasteiger partial charge in [-0.05, 0) is 45.4 Å². The first kappa shape index (κ1) is 17.9. The van der Waals surface area contributed by atoms with Crippen molar-refractivity contribution < 1.29 is 19.4 Å². The molecule has 2 rings (SSSR count). The number of hydrogen-bond acceptors (Lipinski definition) is 5. The minimum Gasteiger partial charge on any atom is -0.478 e. The second kappa shape index (κ2) is 6.59. The molecular weight excluding hydrogens is 310 g/mol. The second-order valence-corrected chi connectivity index (χ2v) is 6.97. The van der Waals surface area contributed by atoms with Gasteiger partial charge in [0.1, 0.15) is 5.60 Å². The highest BCUT2D eigenvalue weighted by atomic mass is 16.6. The number of carbonyl (C=O) groups is 2.